The van der Waals surface area contributed by atoms with Crippen LogP contribution in [-0.4, -0.2) is 35.0 Å². The Labute approximate surface area is 232 Å². The van der Waals surface area contributed by atoms with E-state index in [1.54, 1.807) is 37.2 Å². The average molecular weight is 543 g/mol. The maximum Gasteiger partial charge on any atom is 0.257 e. The Bertz CT molecular complexity index is 1370. The summed E-state index contributed by atoms with van der Waals surface area (Å²) in [6.45, 7) is -0.000610. The van der Waals surface area contributed by atoms with Crippen LogP contribution in [0, 0.1) is 0 Å². The highest BCUT2D eigenvalue weighted by atomic mass is 32.2. The van der Waals surface area contributed by atoms with Crippen molar-refractivity contribution in [2.45, 2.75) is 36.4 Å². The number of hydrogen-bond donors (Lipinski definition) is 2. The highest BCUT2D eigenvalue weighted by Gasteiger charge is 2.32. The second-order valence-corrected chi connectivity index (χ2v) is 10.2. The van der Waals surface area contributed by atoms with E-state index in [2.05, 4.69) is 10.3 Å². The van der Waals surface area contributed by atoms with E-state index in [9.17, 15) is 9.90 Å². The predicted octanol–water partition coefficient (Wildman–Crippen LogP) is 6.17. The third kappa shape index (κ3) is 6.85. The largest absolute Gasteiger partial charge is 0.496 e. The topological polar surface area (TPSA) is 89.9 Å². The molecule has 0 radical (unpaired) electrons. The average Bonchev–Trinajstić information content (AvgIpc) is 3.01. The number of anilines is 1. The quantitative estimate of drug-likeness (QED) is 0.244. The molecule has 0 unspecified atom stereocenters. The monoisotopic (exact) mass is 542 g/mol. The van der Waals surface area contributed by atoms with Crippen LogP contribution < -0.4 is 10.1 Å². The Morgan fingerprint density at radius 1 is 1.00 bits per heavy atom. The standard InChI is InChI=1S/C31H30N2O5S/c1-36-27-6-2-3-7-29(27)39-20-26-17-28(22-10-8-21(19-34)9-11-22)38-31(37-26)23-12-14-25(15-13-23)33-30(35)24-5-4-16-32-18-24/h2-16,18,26,28,31,34H,17,19-20H2,1H3,(H,33,35)/t26-,28+,31+/m0/s1. The molecule has 0 spiro atoms. The zero-order chi connectivity index (χ0) is 27.0. The molecule has 2 heterocycles. The Morgan fingerprint density at radius 3 is 2.49 bits per heavy atom. The third-order valence-electron chi connectivity index (χ3n) is 6.47. The van der Waals surface area contributed by atoms with E-state index >= 15 is 0 Å². The minimum Gasteiger partial charge on any atom is -0.496 e. The predicted molar refractivity (Wildman–Crippen MR) is 151 cm³/mol. The van der Waals surface area contributed by atoms with Crippen LogP contribution >= 0.6 is 11.8 Å². The third-order valence-corrected chi connectivity index (χ3v) is 7.66. The fourth-order valence-electron chi connectivity index (χ4n) is 4.37. The number of benzene rings is 3. The molecule has 0 saturated carbocycles. The Morgan fingerprint density at radius 2 is 1.77 bits per heavy atom. The zero-order valence-electron chi connectivity index (χ0n) is 21.5. The van der Waals surface area contributed by atoms with Gasteiger partial charge in [-0.05, 0) is 47.5 Å². The van der Waals surface area contributed by atoms with Gasteiger partial charge in [-0.15, -0.1) is 11.8 Å². The molecule has 2 N–H and O–H groups in total. The molecule has 39 heavy (non-hydrogen) atoms. The molecule has 1 aromatic heterocycles. The maximum absolute atomic E-state index is 12.5. The normalized spacial score (nSPS) is 18.9. The van der Waals surface area contributed by atoms with Crippen LogP contribution in [0.4, 0.5) is 5.69 Å². The Kier molecular flexibility index (Phi) is 8.90. The molecule has 200 valence electrons. The lowest BCUT2D eigenvalue weighted by atomic mass is 10.0. The van der Waals surface area contributed by atoms with Gasteiger partial charge in [-0.2, -0.15) is 0 Å². The number of ether oxygens (including phenoxy) is 3. The fourth-order valence-corrected chi connectivity index (χ4v) is 5.42. The van der Waals surface area contributed by atoms with Gasteiger partial charge in [0, 0.05) is 40.7 Å². The van der Waals surface area contributed by atoms with Gasteiger partial charge in [-0.1, -0.05) is 48.5 Å². The zero-order valence-corrected chi connectivity index (χ0v) is 22.3. The molecular formula is C31H30N2O5S. The van der Waals surface area contributed by atoms with Gasteiger partial charge in [0.15, 0.2) is 6.29 Å². The van der Waals surface area contributed by atoms with Crippen molar-refractivity contribution in [3.05, 3.63) is 120 Å². The van der Waals surface area contributed by atoms with Crippen LogP contribution in [0.15, 0.2) is 102 Å². The first-order valence-electron chi connectivity index (χ1n) is 12.7. The number of aliphatic hydroxyl groups excluding tert-OH is 1. The number of carbonyl (C=O) groups excluding carboxylic acids is 1. The number of rotatable bonds is 9. The number of carbonyl (C=O) groups is 1. The van der Waals surface area contributed by atoms with Crippen LogP contribution in [0.25, 0.3) is 0 Å². The first-order valence-corrected chi connectivity index (χ1v) is 13.7. The Hall–Kier alpha value is -3.69. The Balaban J connectivity index is 1.32. The molecule has 4 aromatic rings. The van der Waals surface area contributed by atoms with Crippen molar-refractivity contribution >= 4 is 23.4 Å². The molecular weight excluding hydrogens is 512 g/mol. The molecule has 5 rings (SSSR count). The van der Waals surface area contributed by atoms with Crippen LogP contribution in [-0.2, 0) is 16.1 Å². The van der Waals surface area contributed by atoms with E-state index < -0.39 is 6.29 Å². The summed E-state index contributed by atoms with van der Waals surface area (Å²) in [6.07, 6.45) is 3.02. The second-order valence-electron chi connectivity index (χ2n) is 9.13. The van der Waals surface area contributed by atoms with E-state index in [1.165, 1.54) is 6.20 Å². The number of hydrogen-bond acceptors (Lipinski definition) is 7. The SMILES string of the molecule is COc1ccccc1SC[C@@H]1C[C@H](c2ccc(CO)cc2)O[C@H](c2ccc(NC(=O)c3cccnc3)cc2)O1. The molecule has 1 saturated heterocycles. The number of thioether (sulfide) groups is 1. The fraction of sp³-hybridized carbons (Fsp3) is 0.226. The lowest BCUT2D eigenvalue weighted by molar-refractivity contribution is -0.245. The molecule has 1 fully saturated rings. The molecule has 8 heteroatoms. The first-order chi connectivity index (χ1) is 19.1. The van der Waals surface area contributed by atoms with Gasteiger partial charge in [0.1, 0.15) is 5.75 Å². The molecule has 1 aliphatic rings. The lowest BCUT2D eigenvalue weighted by Crippen LogP contribution is -2.31. The van der Waals surface area contributed by atoms with Crippen LogP contribution in [0.1, 0.15) is 45.9 Å². The molecule has 3 atom stereocenters. The number of nitrogens with zero attached hydrogens (tertiary/aromatic N) is 1. The van der Waals surface area contributed by atoms with Crippen molar-refractivity contribution in [3.8, 4) is 5.75 Å². The summed E-state index contributed by atoms with van der Waals surface area (Å²) in [5, 5.41) is 12.3. The number of pyridine rings is 1. The summed E-state index contributed by atoms with van der Waals surface area (Å²) >= 11 is 1.69. The van der Waals surface area contributed by atoms with Crippen LogP contribution in [0.5, 0.6) is 5.75 Å². The van der Waals surface area contributed by atoms with Crippen LogP contribution in [0.3, 0.4) is 0 Å². The maximum atomic E-state index is 12.5. The summed E-state index contributed by atoms with van der Waals surface area (Å²) in [7, 11) is 1.68. The number of para-hydroxylation sites is 1. The van der Waals surface area contributed by atoms with Gasteiger partial charge in [-0.25, -0.2) is 0 Å². The number of aromatic nitrogens is 1. The van der Waals surface area contributed by atoms with Crippen molar-refractivity contribution in [2.24, 2.45) is 0 Å². The van der Waals surface area contributed by atoms with Crippen molar-refractivity contribution < 1.29 is 24.1 Å². The molecule has 0 bridgehead atoms. The first kappa shape index (κ1) is 26.9. The number of methoxy groups -OCH3 is 1. The molecule has 1 amide bonds. The molecule has 1 aliphatic heterocycles. The van der Waals surface area contributed by atoms with Gasteiger partial charge < -0.3 is 24.6 Å². The van der Waals surface area contributed by atoms with E-state index in [1.807, 2.05) is 72.8 Å². The summed E-state index contributed by atoms with van der Waals surface area (Å²) in [5.41, 5.74) is 3.91. The van der Waals surface area contributed by atoms with E-state index in [-0.39, 0.29) is 24.7 Å². The van der Waals surface area contributed by atoms with E-state index in [0.29, 0.717) is 17.7 Å². The van der Waals surface area contributed by atoms with Crippen LogP contribution in [0.2, 0.25) is 0 Å². The van der Waals surface area contributed by atoms with Gasteiger partial charge in [-0.3, -0.25) is 9.78 Å². The summed E-state index contributed by atoms with van der Waals surface area (Å²) < 4.78 is 18.4. The minimum atomic E-state index is -0.576. The van der Waals surface area contributed by atoms with Gasteiger partial charge in [0.2, 0.25) is 0 Å². The smallest absolute Gasteiger partial charge is 0.257 e. The van der Waals surface area contributed by atoms with Gasteiger partial charge in [0.05, 0.1) is 31.5 Å². The summed E-state index contributed by atoms with van der Waals surface area (Å²) in [5.74, 6) is 1.34. The van der Waals surface area contributed by atoms with Gasteiger partial charge in [0.25, 0.3) is 5.91 Å². The number of aliphatic hydroxyl groups is 1. The van der Waals surface area contributed by atoms with E-state index in [0.717, 1.165) is 33.1 Å². The summed E-state index contributed by atoms with van der Waals surface area (Å²) in [4.78, 5) is 17.6. The molecule has 0 aliphatic carbocycles. The van der Waals surface area contributed by atoms with Crippen molar-refractivity contribution in [2.75, 3.05) is 18.2 Å². The van der Waals surface area contributed by atoms with Crippen molar-refractivity contribution in [1.29, 1.82) is 0 Å². The highest BCUT2D eigenvalue weighted by Crippen LogP contribution is 2.40. The second kappa shape index (κ2) is 12.9. The highest BCUT2D eigenvalue weighted by molar-refractivity contribution is 7.99. The summed E-state index contributed by atoms with van der Waals surface area (Å²) in [6, 6.07) is 26.7. The number of amides is 1. The molecule has 3 aromatic carbocycles. The minimum absolute atomic E-state index is 0.000610. The van der Waals surface area contributed by atoms with Gasteiger partial charge >= 0.3 is 0 Å². The van der Waals surface area contributed by atoms with E-state index in [4.69, 9.17) is 14.2 Å². The molecule has 7 nitrogen and oxygen atoms in total. The van der Waals surface area contributed by atoms with Crippen molar-refractivity contribution in [3.63, 3.8) is 0 Å². The van der Waals surface area contributed by atoms with Crippen molar-refractivity contribution in [1.82, 2.24) is 4.98 Å². The lowest BCUT2D eigenvalue weighted by Gasteiger charge is -2.36. The number of nitrogens with one attached hydrogen (secondary N) is 1.